The summed E-state index contributed by atoms with van der Waals surface area (Å²) in [6, 6.07) is 1.99. The van der Waals surface area contributed by atoms with E-state index in [1.54, 1.807) is 12.5 Å². The van der Waals surface area contributed by atoms with Gasteiger partial charge in [0.05, 0.1) is 18.6 Å². The predicted molar refractivity (Wildman–Crippen MR) is 69.0 cm³/mol. The van der Waals surface area contributed by atoms with Crippen LogP contribution in [-0.4, -0.2) is 11.2 Å². The minimum absolute atomic E-state index is 0.163. The van der Waals surface area contributed by atoms with E-state index in [1.165, 1.54) is 38.5 Å². The second kappa shape index (κ2) is 3.86. The highest BCUT2D eigenvalue weighted by atomic mass is 16.3. The molecule has 4 aliphatic rings. The minimum atomic E-state index is -0.163. The van der Waals surface area contributed by atoms with Gasteiger partial charge in [0.15, 0.2) is 0 Å². The molecule has 98 valence electrons. The highest BCUT2D eigenvalue weighted by molar-refractivity contribution is 5.11. The molecule has 0 spiro atoms. The Bertz CT molecular complexity index is 385. The molecule has 0 amide bonds. The molecule has 4 saturated carbocycles. The van der Waals surface area contributed by atoms with Gasteiger partial charge in [-0.25, -0.2) is 0 Å². The van der Waals surface area contributed by atoms with Crippen molar-refractivity contribution in [3.63, 3.8) is 0 Å². The average Bonchev–Trinajstić information content (AvgIpc) is 2.79. The van der Waals surface area contributed by atoms with E-state index in [0.29, 0.717) is 0 Å². The summed E-state index contributed by atoms with van der Waals surface area (Å²) in [5.41, 5.74) is 1.39. The van der Waals surface area contributed by atoms with Crippen LogP contribution in [0.25, 0.3) is 0 Å². The summed E-state index contributed by atoms with van der Waals surface area (Å²) < 4.78 is 5.12. The van der Waals surface area contributed by atoms with E-state index in [9.17, 15) is 5.11 Å². The van der Waals surface area contributed by atoms with Crippen molar-refractivity contribution in [2.75, 3.05) is 0 Å². The standard InChI is InChI=1S/C16H22O2/c17-15(6-11-1-2-18-10-11)16-7-12-3-13(8-16)5-14(4-12)9-16/h1-2,10,12-15,17H,3-9H2. The first-order valence-electron chi connectivity index (χ1n) is 7.43. The molecule has 0 saturated heterocycles. The number of aliphatic hydroxyl groups is 1. The van der Waals surface area contributed by atoms with Crippen LogP contribution in [-0.2, 0) is 6.42 Å². The predicted octanol–water partition coefficient (Wildman–Crippen LogP) is 3.40. The molecule has 2 heteroatoms. The second-order valence-corrected chi connectivity index (χ2v) is 7.13. The van der Waals surface area contributed by atoms with E-state index in [4.69, 9.17) is 4.42 Å². The van der Waals surface area contributed by atoms with Crippen LogP contribution >= 0.6 is 0 Å². The van der Waals surface area contributed by atoms with Gasteiger partial charge in [-0.1, -0.05) is 0 Å². The van der Waals surface area contributed by atoms with Crippen molar-refractivity contribution >= 4 is 0 Å². The molecule has 0 aliphatic heterocycles. The van der Waals surface area contributed by atoms with Gasteiger partial charge in [0.25, 0.3) is 0 Å². The Kier molecular flexibility index (Phi) is 2.38. The summed E-state index contributed by atoms with van der Waals surface area (Å²) >= 11 is 0. The Morgan fingerprint density at radius 2 is 1.78 bits per heavy atom. The van der Waals surface area contributed by atoms with E-state index < -0.39 is 0 Å². The molecular weight excluding hydrogens is 224 g/mol. The van der Waals surface area contributed by atoms with Crippen molar-refractivity contribution in [3.05, 3.63) is 24.2 Å². The maximum atomic E-state index is 10.7. The first-order chi connectivity index (χ1) is 8.73. The molecule has 1 aromatic heterocycles. The van der Waals surface area contributed by atoms with Crippen molar-refractivity contribution in [1.29, 1.82) is 0 Å². The van der Waals surface area contributed by atoms with Crippen molar-refractivity contribution < 1.29 is 9.52 Å². The molecule has 0 aromatic carbocycles. The minimum Gasteiger partial charge on any atom is -0.472 e. The normalized spacial score (nSPS) is 43.3. The van der Waals surface area contributed by atoms with Crippen LogP contribution in [0.4, 0.5) is 0 Å². The summed E-state index contributed by atoms with van der Waals surface area (Å²) in [6.45, 7) is 0. The second-order valence-electron chi connectivity index (χ2n) is 7.13. The molecule has 1 unspecified atom stereocenters. The van der Waals surface area contributed by atoms with Gasteiger partial charge in [-0.05, 0) is 73.3 Å². The quantitative estimate of drug-likeness (QED) is 0.886. The molecule has 4 fully saturated rings. The molecule has 1 aromatic rings. The molecule has 1 N–H and O–H groups in total. The third-order valence-electron chi connectivity index (χ3n) is 5.80. The lowest BCUT2D eigenvalue weighted by molar-refractivity contribution is -0.119. The van der Waals surface area contributed by atoms with Crippen molar-refractivity contribution in [1.82, 2.24) is 0 Å². The van der Waals surface area contributed by atoms with Gasteiger partial charge < -0.3 is 9.52 Å². The van der Waals surface area contributed by atoms with E-state index >= 15 is 0 Å². The third-order valence-corrected chi connectivity index (χ3v) is 5.80. The van der Waals surface area contributed by atoms with Gasteiger partial charge in [-0.15, -0.1) is 0 Å². The van der Waals surface area contributed by atoms with E-state index in [1.807, 2.05) is 6.07 Å². The van der Waals surface area contributed by atoms with E-state index in [2.05, 4.69) is 0 Å². The van der Waals surface area contributed by atoms with E-state index in [0.717, 1.165) is 29.7 Å². The van der Waals surface area contributed by atoms with Crippen LogP contribution < -0.4 is 0 Å². The van der Waals surface area contributed by atoms with Crippen molar-refractivity contribution in [2.24, 2.45) is 23.2 Å². The molecule has 18 heavy (non-hydrogen) atoms. The lowest BCUT2D eigenvalue weighted by Crippen LogP contribution is -2.52. The highest BCUT2D eigenvalue weighted by Gasteiger charge is 2.53. The van der Waals surface area contributed by atoms with Crippen LogP contribution in [0.1, 0.15) is 44.1 Å². The number of furan rings is 1. The lowest BCUT2D eigenvalue weighted by Gasteiger charge is -2.58. The zero-order valence-corrected chi connectivity index (χ0v) is 10.8. The lowest BCUT2D eigenvalue weighted by atomic mass is 9.48. The Morgan fingerprint density at radius 1 is 1.17 bits per heavy atom. The molecule has 4 aliphatic carbocycles. The van der Waals surface area contributed by atoms with Crippen LogP contribution in [0.15, 0.2) is 23.0 Å². The fraction of sp³-hybridized carbons (Fsp3) is 0.750. The maximum absolute atomic E-state index is 10.7. The Labute approximate surface area is 108 Å². The number of aliphatic hydroxyl groups excluding tert-OH is 1. The van der Waals surface area contributed by atoms with Crippen LogP contribution in [0.2, 0.25) is 0 Å². The molecule has 0 radical (unpaired) electrons. The van der Waals surface area contributed by atoms with Gasteiger partial charge in [-0.3, -0.25) is 0 Å². The zero-order valence-electron chi connectivity index (χ0n) is 10.8. The zero-order chi connectivity index (χ0) is 12.2. The van der Waals surface area contributed by atoms with Gasteiger partial charge >= 0.3 is 0 Å². The fourth-order valence-corrected chi connectivity index (χ4v) is 5.43. The summed E-state index contributed by atoms with van der Waals surface area (Å²) in [7, 11) is 0. The molecule has 1 atom stereocenters. The van der Waals surface area contributed by atoms with Crippen molar-refractivity contribution in [2.45, 2.75) is 51.0 Å². The number of hydrogen-bond donors (Lipinski definition) is 1. The summed E-state index contributed by atoms with van der Waals surface area (Å²) in [6.07, 6.45) is 12.3. The topological polar surface area (TPSA) is 33.4 Å². The molecule has 1 heterocycles. The van der Waals surface area contributed by atoms with Gasteiger partial charge in [0.1, 0.15) is 0 Å². The summed E-state index contributed by atoms with van der Waals surface area (Å²) in [5.74, 6) is 2.74. The van der Waals surface area contributed by atoms with Gasteiger partial charge in [0.2, 0.25) is 0 Å². The highest BCUT2D eigenvalue weighted by Crippen LogP contribution is 2.61. The summed E-state index contributed by atoms with van der Waals surface area (Å²) in [5, 5.41) is 10.7. The SMILES string of the molecule is OC(Cc1ccoc1)C12CC3CC(CC(C3)C1)C2. The first-order valence-corrected chi connectivity index (χ1v) is 7.43. The monoisotopic (exact) mass is 246 g/mol. The maximum Gasteiger partial charge on any atom is 0.0935 e. The molecule has 5 rings (SSSR count). The fourth-order valence-electron chi connectivity index (χ4n) is 5.43. The Balaban J connectivity index is 1.56. The van der Waals surface area contributed by atoms with E-state index in [-0.39, 0.29) is 11.5 Å². The van der Waals surface area contributed by atoms with Gasteiger partial charge in [0, 0.05) is 6.42 Å². The average molecular weight is 246 g/mol. The largest absolute Gasteiger partial charge is 0.472 e. The molecular formula is C16H22O2. The molecule has 4 bridgehead atoms. The summed E-state index contributed by atoms with van der Waals surface area (Å²) in [4.78, 5) is 0. The van der Waals surface area contributed by atoms with Crippen LogP contribution in [0, 0.1) is 23.2 Å². The Hall–Kier alpha value is -0.760. The number of hydrogen-bond acceptors (Lipinski definition) is 2. The molecule has 2 nitrogen and oxygen atoms in total. The number of rotatable bonds is 3. The van der Waals surface area contributed by atoms with Crippen molar-refractivity contribution in [3.8, 4) is 0 Å². The Morgan fingerprint density at radius 3 is 2.28 bits per heavy atom. The first kappa shape index (κ1) is 11.1. The van der Waals surface area contributed by atoms with Crippen LogP contribution in [0.3, 0.4) is 0 Å². The van der Waals surface area contributed by atoms with Crippen LogP contribution in [0.5, 0.6) is 0 Å². The smallest absolute Gasteiger partial charge is 0.0935 e. The van der Waals surface area contributed by atoms with Gasteiger partial charge in [-0.2, -0.15) is 0 Å². The third kappa shape index (κ3) is 1.65.